The van der Waals surface area contributed by atoms with E-state index in [0.717, 1.165) is 5.39 Å². The number of aromatic hydroxyl groups is 1. The largest absolute Gasteiger partial charge is 0.756 e. The van der Waals surface area contributed by atoms with Gasteiger partial charge in [0.2, 0.25) is 0 Å². The topological polar surface area (TPSA) is 109 Å². The Labute approximate surface area is 150 Å². The molecule has 140 valence electrons. The van der Waals surface area contributed by atoms with Gasteiger partial charge < -0.3 is 23.5 Å². The lowest BCUT2D eigenvalue weighted by Crippen LogP contribution is -2.09. The molecule has 0 aliphatic rings. The number of halogens is 1. The summed E-state index contributed by atoms with van der Waals surface area (Å²) in [6.45, 7) is 5.80. The molecule has 1 heterocycles. The van der Waals surface area contributed by atoms with E-state index in [1.54, 1.807) is 13.0 Å². The summed E-state index contributed by atoms with van der Waals surface area (Å²) in [7, 11) is -3.98. The first-order chi connectivity index (χ1) is 11.7. The number of aryl methyl sites for hydroxylation is 1. The molecule has 1 aromatic carbocycles. The van der Waals surface area contributed by atoms with Crippen LogP contribution < -0.4 is 10.5 Å². The van der Waals surface area contributed by atoms with E-state index in [9.17, 15) is 19.4 Å². The van der Waals surface area contributed by atoms with Crippen LogP contribution in [-0.4, -0.2) is 18.3 Å². The maximum Gasteiger partial charge on any atom is 0.355 e. The van der Waals surface area contributed by atoms with Gasteiger partial charge in [-0.2, -0.15) is 0 Å². The van der Waals surface area contributed by atoms with Gasteiger partial charge in [-0.15, -0.1) is 0 Å². The highest BCUT2D eigenvalue weighted by molar-refractivity contribution is 7.45. The fourth-order valence-corrected chi connectivity index (χ4v) is 2.79. The third-order valence-electron chi connectivity index (χ3n) is 2.99. The van der Waals surface area contributed by atoms with E-state index in [0.29, 0.717) is 24.0 Å². The van der Waals surface area contributed by atoms with Gasteiger partial charge in [0.15, 0.2) is 0 Å². The van der Waals surface area contributed by atoms with E-state index in [1.165, 1.54) is 12.1 Å². The fraction of sp³-hybridized carbons (Fsp3) is 0.438. The van der Waals surface area contributed by atoms with E-state index < -0.39 is 13.4 Å². The maximum atomic E-state index is 11.2. The Balaban J connectivity index is 0.000000260. The van der Waals surface area contributed by atoms with Crippen LogP contribution in [-0.2, 0) is 13.6 Å². The van der Waals surface area contributed by atoms with Crippen LogP contribution in [0, 0.1) is 6.92 Å². The molecule has 1 N–H and O–H groups in total. The Kier molecular flexibility index (Phi) is 8.62. The number of hydrogen-bond acceptors (Lipinski definition) is 7. The summed E-state index contributed by atoms with van der Waals surface area (Å²) in [5.41, 5.74) is 0.428. The molecule has 0 saturated heterocycles. The molecule has 0 aliphatic carbocycles. The van der Waals surface area contributed by atoms with E-state index in [-0.39, 0.29) is 24.0 Å². The van der Waals surface area contributed by atoms with Crippen LogP contribution in [0.25, 0.3) is 11.0 Å². The Bertz CT molecular complexity index is 791. The lowest BCUT2D eigenvalue weighted by Gasteiger charge is -2.21. The van der Waals surface area contributed by atoms with Gasteiger partial charge in [0.25, 0.3) is 7.82 Å². The summed E-state index contributed by atoms with van der Waals surface area (Å²) in [5.74, 6) is 0.0578. The molecule has 0 radical (unpaired) electrons. The average molecular weight is 392 g/mol. The first kappa shape index (κ1) is 21.7. The zero-order valence-corrected chi connectivity index (χ0v) is 15.9. The minimum atomic E-state index is -3.98. The molecule has 0 unspecified atom stereocenters. The number of phenolic OH excluding ortho intramolecular Hbond substituents is 1. The van der Waals surface area contributed by atoms with E-state index in [4.69, 9.17) is 16.0 Å². The SMILES string of the molecule is CCCOP(=O)([O-])OCCC.Cc1c(Cl)c(=O)oc2cc(O)ccc12. The highest BCUT2D eigenvalue weighted by Gasteiger charge is 2.09. The van der Waals surface area contributed by atoms with Crippen molar-refractivity contribution >= 4 is 30.4 Å². The summed E-state index contributed by atoms with van der Waals surface area (Å²) >= 11 is 5.73. The van der Waals surface area contributed by atoms with Crippen LogP contribution in [0.4, 0.5) is 0 Å². The summed E-state index contributed by atoms with van der Waals surface area (Å²) in [4.78, 5) is 21.9. The van der Waals surface area contributed by atoms with Gasteiger partial charge in [0.1, 0.15) is 16.4 Å². The zero-order chi connectivity index (χ0) is 19.0. The van der Waals surface area contributed by atoms with Gasteiger partial charge in [-0.3, -0.25) is 4.57 Å². The van der Waals surface area contributed by atoms with Crippen molar-refractivity contribution in [3.05, 3.63) is 39.2 Å². The Morgan fingerprint density at radius 2 is 1.80 bits per heavy atom. The predicted molar refractivity (Wildman–Crippen MR) is 94.0 cm³/mol. The Hall–Kier alpha value is -1.37. The van der Waals surface area contributed by atoms with Crippen LogP contribution in [0.2, 0.25) is 5.02 Å². The molecular formula is C16H21ClO7P-. The summed E-state index contributed by atoms with van der Waals surface area (Å²) in [6, 6.07) is 4.57. The molecule has 0 saturated carbocycles. The number of benzene rings is 1. The summed E-state index contributed by atoms with van der Waals surface area (Å²) in [6.07, 6.45) is 1.34. The number of phosphoric ester groups is 1. The standard InChI is InChI=1S/C10H7ClO3.C6H15O4P/c1-5-7-3-2-6(12)4-8(7)14-10(13)9(5)11;1-3-5-9-11(7,8)10-6-4-2/h2-4,12H,1H3;3-6H2,1-2H3,(H,7,8)/p-1. The molecule has 2 aromatic rings. The molecule has 0 atom stereocenters. The van der Waals surface area contributed by atoms with E-state index >= 15 is 0 Å². The van der Waals surface area contributed by atoms with Crippen LogP contribution in [0.15, 0.2) is 27.4 Å². The van der Waals surface area contributed by atoms with Crippen molar-refractivity contribution in [2.24, 2.45) is 0 Å². The predicted octanol–water partition coefficient (Wildman–Crippen LogP) is 3.77. The minimum Gasteiger partial charge on any atom is -0.756 e. The number of phenols is 1. The summed E-state index contributed by atoms with van der Waals surface area (Å²) in [5, 5.41) is 10.0. The fourth-order valence-electron chi connectivity index (χ4n) is 1.76. The van der Waals surface area contributed by atoms with Gasteiger partial charge in [0.05, 0.1) is 13.2 Å². The van der Waals surface area contributed by atoms with Crippen molar-refractivity contribution in [2.75, 3.05) is 13.2 Å². The Morgan fingerprint density at radius 1 is 1.24 bits per heavy atom. The third kappa shape index (κ3) is 6.80. The molecule has 9 heteroatoms. The van der Waals surface area contributed by atoms with Gasteiger partial charge in [-0.05, 0) is 37.5 Å². The second-order valence-corrected chi connectivity index (χ2v) is 6.91. The lowest BCUT2D eigenvalue weighted by molar-refractivity contribution is -0.225. The first-order valence-corrected chi connectivity index (χ1v) is 9.57. The van der Waals surface area contributed by atoms with Crippen LogP contribution >= 0.6 is 19.4 Å². The smallest absolute Gasteiger partial charge is 0.355 e. The Morgan fingerprint density at radius 3 is 2.32 bits per heavy atom. The van der Waals surface area contributed by atoms with Gasteiger partial charge in [-0.25, -0.2) is 4.79 Å². The van der Waals surface area contributed by atoms with E-state index in [2.05, 4.69) is 9.05 Å². The van der Waals surface area contributed by atoms with Crippen molar-refractivity contribution in [3.63, 3.8) is 0 Å². The number of fused-ring (bicyclic) bond motifs is 1. The van der Waals surface area contributed by atoms with Crippen molar-refractivity contribution in [1.29, 1.82) is 0 Å². The first-order valence-electron chi connectivity index (χ1n) is 7.73. The molecular weight excluding hydrogens is 371 g/mol. The molecule has 0 spiro atoms. The molecule has 25 heavy (non-hydrogen) atoms. The lowest BCUT2D eigenvalue weighted by atomic mass is 10.1. The zero-order valence-electron chi connectivity index (χ0n) is 14.3. The molecule has 0 aliphatic heterocycles. The normalized spacial score (nSPS) is 11.2. The second kappa shape index (κ2) is 9.94. The molecule has 0 amide bonds. The second-order valence-electron chi connectivity index (χ2n) is 5.12. The van der Waals surface area contributed by atoms with Crippen LogP contribution in [0.3, 0.4) is 0 Å². The minimum absolute atomic E-state index is 0.0578. The van der Waals surface area contributed by atoms with Crippen molar-refractivity contribution in [2.45, 2.75) is 33.6 Å². The molecule has 2 rings (SSSR count). The van der Waals surface area contributed by atoms with Gasteiger partial charge in [-0.1, -0.05) is 25.4 Å². The monoisotopic (exact) mass is 391 g/mol. The van der Waals surface area contributed by atoms with Crippen LogP contribution in [0.1, 0.15) is 32.3 Å². The van der Waals surface area contributed by atoms with Crippen molar-refractivity contribution < 1.29 is 28.0 Å². The third-order valence-corrected chi connectivity index (χ3v) is 4.42. The van der Waals surface area contributed by atoms with Gasteiger partial charge >= 0.3 is 5.63 Å². The summed E-state index contributed by atoms with van der Waals surface area (Å²) < 4.78 is 24.6. The quantitative estimate of drug-likeness (QED) is 0.589. The number of rotatable bonds is 6. The molecule has 0 fully saturated rings. The van der Waals surface area contributed by atoms with E-state index in [1.807, 2.05) is 13.8 Å². The van der Waals surface area contributed by atoms with Gasteiger partial charge in [0, 0.05) is 11.5 Å². The maximum absolute atomic E-state index is 11.2. The number of hydrogen-bond donors (Lipinski definition) is 1. The highest BCUT2D eigenvalue weighted by Crippen LogP contribution is 2.38. The highest BCUT2D eigenvalue weighted by atomic mass is 35.5. The average Bonchev–Trinajstić information content (AvgIpc) is 2.57. The van der Waals surface area contributed by atoms with Crippen LogP contribution in [0.5, 0.6) is 5.75 Å². The molecule has 0 bridgehead atoms. The number of phosphoric acid groups is 1. The van der Waals surface area contributed by atoms with Crippen molar-refractivity contribution in [3.8, 4) is 5.75 Å². The molecule has 1 aromatic heterocycles. The van der Waals surface area contributed by atoms with Crippen molar-refractivity contribution in [1.82, 2.24) is 0 Å². The molecule has 7 nitrogen and oxygen atoms in total.